The smallest absolute Gasteiger partial charge is 0.0591 e. The van der Waals surface area contributed by atoms with Gasteiger partial charge in [-0.3, -0.25) is 0 Å². The van der Waals surface area contributed by atoms with Crippen molar-refractivity contribution in [3.8, 4) is 0 Å². The van der Waals surface area contributed by atoms with Crippen LogP contribution in [0.25, 0.3) is 0 Å². The first-order valence-corrected chi connectivity index (χ1v) is 7.14. The molecule has 0 aromatic rings. The van der Waals surface area contributed by atoms with E-state index in [9.17, 15) is 0 Å². The third kappa shape index (κ3) is 4.60. The van der Waals surface area contributed by atoms with Gasteiger partial charge in [0.1, 0.15) is 0 Å². The average molecular weight is 248 g/mol. The summed E-state index contributed by atoms with van der Waals surface area (Å²) in [7, 11) is 0. The Morgan fingerprint density at radius 3 is 2.56 bits per heavy atom. The maximum atomic E-state index is 6.12. The van der Waals surface area contributed by atoms with Gasteiger partial charge in [-0.2, -0.15) is 0 Å². The third-order valence-electron chi connectivity index (χ3n) is 3.58. The van der Waals surface area contributed by atoms with E-state index in [1.807, 2.05) is 0 Å². The molecule has 0 aromatic carbocycles. The van der Waals surface area contributed by atoms with E-state index in [1.54, 1.807) is 0 Å². The minimum atomic E-state index is 0.184. The van der Waals surface area contributed by atoms with Gasteiger partial charge in [-0.1, -0.05) is 13.8 Å². The van der Waals surface area contributed by atoms with E-state index in [4.69, 9.17) is 16.3 Å². The Labute approximate surface area is 105 Å². The minimum absolute atomic E-state index is 0.184. The number of nitrogens with one attached hydrogen (secondary N) is 1. The van der Waals surface area contributed by atoms with Crippen LogP contribution in [0.1, 0.15) is 46.0 Å². The summed E-state index contributed by atoms with van der Waals surface area (Å²) in [5, 5.41) is 3.61. The van der Waals surface area contributed by atoms with Crippen molar-refractivity contribution in [3.63, 3.8) is 0 Å². The second-order valence-electron chi connectivity index (χ2n) is 5.14. The van der Waals surface area contributed by atoms with Gasteiger partial charge < -0.3 is 10.1 Å². The Bertz CT molecular complexity index is 179. The first-order chi connectivity index (χ1) is 7.72. The van der Waals surface area contributed by atoms with Crippen LogP contribution in [0.2, 0.25) is 0 Å². The molecule has 0 spiro atoms. The zero-order chi connectivity index (χ0) is 11.9. The molecule has 96 valence electrons. The van der Waals surface area contributed by atoms with Gasteiger partial charge in [-0.05, 0) is 38.0 Å². The molecule has 0 radical (unpaired) electrons. The molecule has 0 aromatic heterocycles. The number of alkyl halides is 1. The highest BCUT2D eigenvalue weighted by Crippen LogP contribution is 2.32. The molecule has 0 bridgehead atoms. The van der Waals surface area contributed by atoms with Crippen LogP contribution >= 0.6 is 11.6 Å². The van der Waals surface area contributed by atoms with Crippen LogP contribution in [0.5, 0.6) is 0 Å². The molecular formula is C13H26ClNO. The quantitative estimate of drug-likeness (QED) is 0.551. The Balaban J connectivity index is 2.20. The van der Waals surface area contributed by atoms with E-state index in [0.29, 0.717) is 0 Å². The summed E-state index contributed by atoms with van der Waals surface area (Å²) in [4.78, 5) is 0. The normalized spacial score (nSPS) is 30.6. The predicted molar refractivity (Wildman–Crippen MR) is 70.2 cm³/mol. The van der Waals surface area contributed by atoms with Crippen LogP contribution in [0, 0.1) is 5.92 Å². The first-order valence-electron chi connectivity index (χ1n) is 6.61. The van der Waals surface area contributed by atoms with Crippen LogP contribution < -0.4 is 5.32 Å². The fourth-order valence-corrected chi connectivity index (χ4v) is 2.67. The van der Waals surface area contributed by atoms with E-state index in [2.05, 4.69) is 19.2 Å². The van der Waals surface area contributed by atoms with E-state index >= 15 is 0 Å². The summed E-state index contributed by atoms with van der Waals surface area (Å²) in [6, 6.07) is 0. The monoisotopic (exact) mass is 247 g/mol. The van der Waals surface area contributed by atoms with Gasteiger partial charge >= 0.3 is 0 Å². The predicted octanol–water partition coefficient (Wildman–Crippen LogP) is 3.19. The van der Waals surface area contributed by atoms with Crippen LogP contribution in [0.15, 0.2) is 0 Å². The zero-order valence-corrected chi connectivity index (χ0v) is 11.5. The van der Waals surface area contributed by atoms with Gasteiger partial charge in [-0.25, -0.2) is 0 Å². The van der Waals surface area contributed by atoms with Gasteiger partial charge in [0, 0.05) is 24.6 Å². The van der Waals surface area contributed by atoms with Crippen molar-refractivity contribution >= 4 is 11.6 Å². The standard InChI is InChI=1S/C13H26ClNO/c1-3-9-16-10-8-15-13(11-14)6-4-12(2)5-7-13/h12,15H,3-11H2,1-2H3. The molecule has 0 amide bonds. The van der Waals surface area contributed by atoms with Crippen LogP contribution in [0.4, 0.5) is 0 Å². The molecule has 0 atom stereocenters. The molecule has 1 rings (SSSR count). The van der Waals surface area contributed by atoms with Gasteiger partial charge in [-0.15, -0.1) is 11.6 Å². The Morgan fingerprint density at radius 1 is 1.31 bits per heavy atom. The van der Waals surface area contributed by atoms with Crippen molar-refractivity contribution < 1.29 is 4.74 Å². The molecule has 1 aliphatic carbocycles. The van der Waals surface area contributed by atoms with Crippen molar-refractivity contribution in [2.24, 2.45) is 5.92 Å². The highest BCUT2D eigenvalue weighted by molar-refractivity contribution is 6.18. The molecule has 1 N–H and O–H groups in total. The molecule has 1 aliphatic rings. The van der Waals surface area contributed by atoms with Crippen LogP contribution in [-0.2, 0) is 4.74 Å². The molecule has 0 aliphatic heterocycles. The molecule has 0 heterocycles. The largest absolute Gasteiger partial charge is 0.380 e. The van der Waals surface area contributed by atoms with Crippen LogP contribution in [0.3, 0.4) is 0 Å². The molecule has 16 heavy (non-hydrogen) atoms. The SMILES string of the molecule is CCCOCCNC1(CCl)CCC(C)CC1. The first kappa shape index (κ1) is 14.3. The molecular weight excluding hydrogens is 222 g/mol. The summed E-state index contributed by atoms with van der Waals surface area (Å²) >= 11 is 6.12. The molecule has 3 heteroatoms. The Morgan fingerprint density at radius 2 is 2.00 bits per heavy atom. The summed E-state index contributed by atoms with van der Waals surface area (Å²) in [6.45, 7) is 7.08. The Kier molecular flexibility index (Phi) is 6.71. The van der Waals surface area contributed by atoms with Gasteiger partial charge in [0.2, 0.25) is 0 Å². The van der Waals surface area contributed by atoms with E-state index in [0.717, 1.165) is 38.0 Å². The molecule has 0 unspecified atom stereocenters. The summed E-state index contributed by atoms with van der Waals surface area (Å²) in [6.07, 6.45) is 6.13. The lowest BCUT2D eigenvalue weighted by molar-refractivity contribution is 0.122. The number of rotatable bonds is 7. The summed E-state index contributed by atoms with van der Waals surface area (Å²) in [5.41, 5.74) is 0.184. The fraction of sp³-hybridized carbons (Fsp3) is 1.00. The van der Waals surface area contributed by atoms with Crippen LogP contribution in [-0.4, -0.2) is 31.2 Å². The van der Waals surface area contributed by atoms with Crippen molar-refractivity contribution in [1.29, 1.82) is 0 Å². The van der Waals surface area contributed by atoms with E-state index in [1.165, 1.54) is 25.7 Å². The zero-order valence-electron chi connectivity index (χ0n) is 10.7. The highest BCUT2D eigenvalue weighted by atomic mass is 35.5. The van der Waals surface area contributed by atoms with Crippen molar-refractivity contribution in [1.82, 2.24) is 5.32 Å². The average Bonchev–Trinajstić information content (AvgIpc) is 2.32. The Hall–Kier alpha value is 0.210. The van der Waals surface area contributed by atoms with Gasteiger partial charge in [0.05, 0.1) is 6.61 Å². The van der Waals surface area contributed by atoms with E-state index < -0.39 is 0 Å². The van der Waals surface area contributed by atoms with Crippen molar-refractivity contribution in [2.75, 3.05) is 25.6 Å². The van der Waals surface area contributed by atoms with Gasteiger partial charge in [0.15, 0.2) is 0 Å². The lowest BCUT2D eigenvalue weighted by Crippen LogP contribution is -2.50. The number of ether oxygens (including phenoxy) is 1. The van der Waals surface area contributed by atoms with Gasteiger partial charge in [0.25, 0.3) is 0 Å². The number of hydrogen-bond donors (Lipinski definition) is 1. The number of hydrogen-bond acceptors (Lipinski definition) is 2. The lowest BCUT2D eigenvalue weighted by atomic mass is 9.78. The second-order valence-corrected chi connectivity index (χ2v) is 5.40. The summed E-state index contributed by atoms with van der Waals surface area (Å²) < 4.78 is 5.48. The van der Waals surface area contributed by atoms with E-state index in [-0.39, 0.29) is 5.54 Å². The maximum Gasteiger partial charge on any atom is 0.0591 e. The summed E-state index contributed by atoms with van der Waals surface area (Å²) in [5.74, 6) is 1.60. The van der Waals surface area contributed by atoms with Crippen molar-refractivity contribution in [2.45, 2.75) is 51.5 Å². The van der Waals surface area contributed by atoms with Crippen molar-refractivity contribution in [3.05, 3.63) is 0 Å². The molecule has 2 nitrogen and oxygen atoms in total. The minimum Gasteiger partial charge on any atom is -0.380 e. The third-order valence-corrected chi connectivity index (χ3v) is 4.09. The lowest BCUT2D eigenvalue weighted by Gasteiger charge is -2.39. The fourth-order valence-electron chi connectivity index (χ4n) is 2.31. The topological polar surface area (TPSA) is 21.3 Å². The maximum absolute atomic E-state index is 6.12. The molecule has 0 saturated heterocycles. The highest BCUT2D eigenvalue weighted by Gasteiger charge is 2.32. The molecule has 1 saturated carbocycles. The molecule has 1 fully saturated rings. The number of halogens is 1. The second kappa shape index (κ2) is 7.52.